The van der Waals surface area contributed by atoms with Crippen LogP contribution in [-0.4, -0.2) is 51.7 Å². The summed E-state index contributed by atoms with van der Waals surface area (Å²) in [7, 11) is -1.72. The predicted molar refractivity (Wildman–Crippen MR) is 99.2 cm³/mol. The SMILES string of the molecule is COc1ccc(Cl)cc1/C=C/C(=O)N1CCCCC1CNS(C)(=O)=O. The van der Waals surface area contributed by atoms with Crippen LogP contribution in [0, 0.1) is 0 Å². The van der Waals surface area contributed by atoms with Gasteiger partial charge in [0, 0.05) is 35.8 Å². The van der Waals surface area contributed by atoms with Crippen LogP contribution in [0.25, 0.3) is 6.08 Å². The first-order valence-corrected chi connectivity index (χ1v) is 10.3. The third-order valence-electron chi connectivity index (χ3n) is 4.09. The summed E-state index contributed by atoms with van der Waals surface area (Å²) < 4.78 is 30.4. The van der Waals surface area contributed by atoms with Crippen molar-refractivity contribution in [2.24, 2.45) is 0 Å². The molecular weight excluding hydrogens is 364 g/mol. The van der Waals surface area contributed by atoms with E-state index in [0.29, 0.717) is 22.9 Å². The molecule has 2 rings (SSSR count). The van der Waals surface area contributed by atoms with Crippen LogP contribution in [0.3, 0.4) is 0 Å². The molecule has 1 N–H and O–H groups in total. The first-order chi connectivity index (χ1) is 11.8. The Morgan fingerprint density at radius 3 is 2.88 bits per heavy atom. The molecule has 0 radical (unpaired) electrons. The first-order valence-electron chi connectivity index (χ1n) is 8.07. The molecule has 25 heavy (non-hydrogen) atoms. The van der Waals surface area contributed by atoms with Crippen molar-refractivity contribution >= 4 is 33.6 Å². The number of nitrogens with one attached hydrogen (secondary N) is 1. The van der Waals surface area contributed by atoms with Crippen molar-refractivity contribution in [3.8, 4) is 5.75 Å². The highest BCUT2D eigenvalue weighted by Gasteiger charge is 2.26. The number of carbonyl (C=O) groups excluding carboxylic acids is 1. The van der Waals surface area contributed by atoms with Gasteiger partial charge < -0.3 is 9.64 Å². The molecule has 8 heteroatoms. The summed E-state index contributed by atoms with van der Waals surface area (Å²) in [4.78, 5) is 14.3. The number of carbonyl (C=O) groups is 1. The molecule has 1 aromatic rings. The normalized spacial score (nSPS) is 18.5. The third kappa shape index (κ3) is 6.02. The Morgan fingerprint density at radius 2 is 2.20 bits per heavy atom. The van der Waals surface area contributed by atoms with Crippen molar-refractivity contribution in [3.05, 3.63) is 34.9 Å². The summed E-state index contributed by atoms with van der Waals surface area (Å²) in [6, 6.07) is 5.05. The maximum Gasteiger partial charge on any atom is 0.246 e. The maximum atomic E-state index is 12.6. The number of likely N-dealkylation sites (tertiary alicyclic amines) is 1. The minimum absolute atomic E-state index is 0.137. The molecule has 6 nitrogen and oxygen atoms in total. The molecule has 0 aromatic heterocycles. The van der Waals surface area contributed by atoms with Crippen molar-refractivity contribution in [1.82, 2.24) is 9.62 Å². The highest BCUT2D eigenvalue weighted by atomic mass is 35.5. The summed E-state index contributed by atoms with van der Waals surface area (Å²) in [5.41, 5.74) is 0.714. The molecular formula is C17H23ClN2O4S. The minimum Gasteiger partial charge on any atom is -0.496 e. The molecule has 1 aromatic carbocycles. The number of halogens is 1. The molecule has 1 aliphatic heterocycles. The number of ether oxygens (including phenoxy) is 1. The fourth-order valence-electron chi connectivity index (χ4n) is 2.84. The van der Waals surface area contributed by atoms with Gasteiger partial charge in [0.15, 0.2) is 0 Å². The lowest BCUT2D eigenvalue weighted by Crippen LogP contribution is -2.48. The number of rotatable bonds is 6. The second-order valence-electron chi connectivity index (χ2n) is 6.02. The number of piperidine rings is 1. The number of hydrogen-bond acceptors (Lipinski definition) is 4. The van der Waals surface area contributed by atoms with Gasteiger partial charge in [0.25, 0.3) is 0 Å². The van der Waals surface area contributed by atoms with E-state index < -0.39 is 10.0 Å². The molecule has 0 saturated carbocycles. The Balaban J connectivity index is 2.10. The van der Waals surface area contributed by atoms with E-state index in [4.69, 9.17) is 16.3 Å². The smallest absolute Gasteiger partial charge is 0.246 e. The lowest BCUT2D eigenvalue weighted by molar-refractivity contribution is -0.129. The largest absolute Gasteiger partial charge is 0.496 e. The van der Waals surface area contributed by atoms with Crippen LogP contribution in [0.5, 0.6) is 5.75 Å². The molecule has 1 saturated heterocycles. The van der Waals surface area contributed by atoms with E-state index in [1.165, 1.54) is 6.08 Å². The van der Waals surface area contributed by atoms with E-state index in [1.807, 2.05) is 0 Å². The van der Waals surface area contributed by atoms with Gasteiger partial charge in [-0.3, -0.25) is 4.79 Å². The molecule has 1 unspecified atom stereocenters. The highest BCUT2D eigenvalue weighted by molar-refractivity contribution is 7.88. The number of nitrogens with zero attached hydrogens (tertiary/aromatic N) is 1. The van der Waals surface area contributed by atoms with E-state index >= 15 is 0 Å². The third-order valence-corrected chi connectivity index (χ3v) is 5.01. The molecule has 1 fully saturated rings. The summed E-state index contributed by atoms with van der Waals surface area (Å²) in [6.45, 7) is 0.852. The molecule has 1 amide bonds. The molecule has 0 aliphatic carbocycles. The van der Waals surface area contributed by atoms with E-state index in [2.05, 4.69) is 4.72 Å². The topological polar surface area (TPSA) is 75.7 Å². The molecule has 0 bridgehead atoms. The van der Waals surface area contributed by atoms with Crippen molar-refractivity contribution in [2.75, 3.05) is 26.5 Å². The lowest BCUT2D eigenvalue weighted by atomic mass is 10.0. The molecule has 0 spiro atoms. The van der Waals surface area contributed by atoms with Gasteiger partial charge in [0.1, 0.15) is 5.75 Å². The fraction of sp³-hybridized carbons (Fsp3) is 0.471. The van der Waals surface area contributed by atoms with Gasteiger partial charge in [0.2, 0.25) is 15.9 Å². The average Bonchev–Trinajstić information content (AvgIpc) is 2.57. The van der Waals surface area contributed by atoms with E-state index in [0.717, 1.165) is 25.5 Å². The van der Waals surface area contributed by atoms with Crippen molar-refractivity contribution in [3.63, 3.8) is 0 Å². The molecule has 1 heterocycles. The Bertz CT molecular complexity index is 749. The highest BCUT2D eigenvalue weighted by Crippen LogP contribution is 2.24. The van der Waals surface area contributed by atoms with Crippen LogP contribution < -0.4 is 9.46 Å². The van der Waals surface area contributed by atoms with Crippen molar-refractivity contribution < 1.29 is 17.9 Å². The monoisotopic (exact) mass is 386 g/mol. The van der Waals surface area contributed by atoms with Crippen LogP contribution >= 0.6 is 11.6 Å². The lowest BCUT2D eigenvalue weighted by Gasteiger charge is -2.35. The van der Waals surface area contributed by atoms with Gasteiger partial charge in [-0.2, -0.15) is 0 Å². The van der Waals surface area contributed by atoms with Crippen LogP contribution in [0.4, 0.5) is 0 Å². The second-order valence-corrected chi connectivity index (χ2v) is 8.29. The number of sulfonamides is 1. The van der Waals surface area contributed by atoms with Gasteiger partial charge in [-0.25, -0.2) is 13.1 Å². The van der Waals surface area contributed by atoms with Crippen LogP contribution in [0.15, 0.2) is 24.3 Å². The first kappa shape index (κ1) is 19.8. The van der Waals surface area contributed by atoms with Crippen LogP contribution in [-0.2, 0) is 14.8 Å². The fourth-order valence-corrected chi connectivity index (χ4v) is 3.52. The second kappa shape index (κ2) is 8.69. The molecule has 1 atom stereocenters. The number of hydrogen-bond donors (Lipinski definition) is 1. The van der Waals surface area contributed by atoms with Gasteiger partial charge >= 0.3 is 0 Å². The van der Waals surface area contributed by atoms with Gasteiger partial charge in [-0.1, -0.05) is 11.6 Å². The zero-order chi connectivity index (χ0) is 18.4. The maximum absolute atomic E-state index is 12.6. The quantitative estimate of drug-likeness (QED) is 0.761. The summed E-state index contributed by atoms with van der Waals surface area (Å²) in [5.74, 6) is 0.476. The van der Waals surface area contributed by atoms with Gasteiger partial charge in [-0.05, 0) is 43.5 Å². The zero-order valence-corrected chi connectivity index (χ0v) is 15.9. The zero-order valence-electron chi connectivity index (χ0n) is 14.4. The van der Waals surface area contributed by atoms with E-state index in [9.17, 15) is 13.2 Å². The number of amides is 1. The predicted octanol–water partition coefficient (Wildman–Crippen LogP) is 2.29. The number of methoxy groups -OCH3 is 1. The standard InChI is InChI=1S/C17H23ClN2O4S/c1-24-16-8-7-14(18)11-13(16)6-9-17(21)20-10-4-3-5-15(20)12-19-25(2,22)23/h6-9,11,15,19H,3-5,10,12H2,1-2H3/b9-6+. The average molecular weight is 387 g/mol. The molecule has 138 valence electrons. The van der Waals surface area contributed by atoms with Crippen LogP contribution in [0.2, 0.25) is 5.02 Å². The van der Waals surface area contributed by atoms with Crippen molar-refractivity contribution in [1.29, 1.82) is 0 Å². The van der Waals surface area contributed by atoms with Crippen LogP contribution in [0.1, 0.15) is 24.8 Å². The van der Waals surface area contributed by atoms with Gasteiger partial charge in [0.05, 0.1) is 13.4 Å². The molecule has 1 aliphatic rings. The van der Waals surface area contributed by atoms with Gasteiger partial charge in [-0.15, -0.1) is 0 Å². The Kier molecular flexibility index (Phi) is 6.87. The minimum atomic E-state index is -3.28. The Morgan fingerprint density at radius 1 is 1.44 bits per heavy atom. The summed E-state index contributed by atoms with van der Waals surface area (Å²) >= 11 is 5.99. The number of benzene rings is 1. The Labute approximate surface area is 153 Å². The Hall–Kier alpha value is -1.57. The van der Waals surface area contributed by atoms with E-state index in [-0.39, 0.29) is 18.5 Å². The summed E-state index contributed by atoms with van der Waals surface area (Å²) in [6.07, 6.45) is 6.94. The van der Waals surface area contributed by atoms with E-state index in [1.54, 1.807) is 36.3 Å². The van der Waals surface area contributed by atoms with Crippen molar-refractivity contribution in [2.45, 2.75) is 25.3 Å². The summed E-state index contributed by atoms with van der Waals surface area (Å²) in [5, 5.41) is 0.557.